The molecule has 0 unspecified atom stereocenters. The minimum absolute atomic E-state index is 0.0909. The smallest absolute Gasteiger partial charge is 0.328 e. The van der Waals surface area contributed by atoms with E-state index < -0.39 is 41.8 Å². The minimum atomic E-state index is -1.09. The van der Waals surface area contributed by atoms with Crippen molar-refractivity contribution < 1.29 is 37.9 Å². The molecule has 44 heavy (non-hydrogen) atoms. The number of hydrogen-bond acceptors (Lipinski definition) is 9. The van der Waals surface area contributed by atoms with Crippen LogP contribution in [-0.2, 0) is 36.8 Å². The fraction of sp³-hybridized carbons (Fsp3) is 0.387. The molecule has 3 N–H and O–H groups in total. The highest BCUT2D eigenvalue weighted by atomic mass is 16.5. The van der Waals surface area contributed by atoms with Gasteiger partial charge < -0.3 is 25.1 Å². The molecule has 2 aromatic carbocycles. The van der Waals surface area contributed by atoms with Crippen molar-refractivity contribution in [2.75, 3.05) is 13.7 Å². The number of rotatable bonds is 7. The first-order valence-corrected chi connectivity index (χ1v) is 14.4. The van der Waals surface area contributed by atoms with Crippen LogP contribution < -0.4 is 16.0 Å². The summed E-state index contributed by atoms with van der Waals surface area (Å²) in [5.41, 5.74) is 2.39. The van der Waals surface area contributed by atoms with Crippen molar-refractivity contribution in [2.24, 2.45) is 0 Å². The number of ether oxygens (including phenoxy) is 1. The molecular formula is C31H33N5O8. The van der Waals surface area contributed by atoms with Crippen molar-refractivity contribution in [1.29, 1.82) is 0 Å². The van der Waals surface area contributed by atoms with Crippen LogP contribution in [0.1, 0.15) is 64.8 Å². The Balaban J connectivity index is 1.35. The molecule has 0 saturated heterocycles. The van der Waals surface area contributed by atoms with Crippen molar-refractivity contribution in [3.05, 3.63) is 65.0 Å². The molecule has 0 fully saturated rings. The van der Waals surface area contributed by atoms with Crippen molar-refractivity contribution in [3.63, 3.8) is 0 Å². The van der Waals surface area contributed by atoms with Crippen LogP contribution in [0.4, 0.5) is 0 Å². The average Bonchev–Trinajstić information content (AvgIpc) is 3.54. The van der Waals surface area contributed by atoms with Crippen molar-refractivity contribution in [1.82, 2.24) is 25.8 Å². The van der Waals surface area contributed by atoms with Gasteiger partial charge in [-0.3, -0.25) is 28.9 Å². The van der Waals surface area contributed by atoms with Crippen LogP contribution in [0.5, 0.6) is 0 Å². The molecule has 2 aliphatic rings. The number of imide groups is 1. The highest BCUT2D eigenvalue weighted by molar-refractivity contribution is 6.21. The lowest BCUT2D eigenvalue weighted by Gasteiger charge is -2.25. The zero-order valence-electron chi connectivity index (χ0n) is 24.4. The van der Waals surface area contributed by atoms with E-state index in [1.807, 2.05) is 0 Å². The van der Waals surface area contributed by atoms with Crippen LogP contribution in [0.15, 0.2) is 46.9 Å². The Morgan fingerprint density at radius 1 is 1.00 bits per heavy atom. The summed E-state index contributed by atoms with van der Waals surface area (Å²) >= 11 is 0. The molecule has 0 saturated carbocycles. The first-order chi connectivity index (χ1) is 21.2. The Labute approximate surface area is 252 Å². The third kappa shape index (κ3) is 6.46. The number of unbranched alkanes of at least 4 members (excludes halogenated alkanes) is 1. The van der Waals surface area contributed by atoms with Gasteiger partial charge in [0.1, 0.15) is 23.6 Å². The number of methoxy groups -OCH3 is 1. The molecule has 1 aromatic heterocycles. The van der Waals surface area contributed by atoms with Gasteiger partial charge in [0.15, 0.2) is 11.5 Å². The predicted octanol–water partition coefficient (Wildman–Crippen LogP) is 1.43. The van der Waals surface area contributed by atoms with Gasteiger partial charge in [0.25, 0.3) is 11.8 Å². The normalized spacial score (nSPS) is 20.6. The Morgan fingerprint density at radius 3 is 2.41 bits per heavy atom. The van der Waals surface area contributed by atoms with Crippen molar-refractivity contribution >= 4 is 46.6 Å². The SMILES string of the molecule is COC(=O)[C@@H]1CCc2nc3c(cccc3o2)C[C@H](NC(C)=O)C(=O)N[C@@H](CCCCN2C(=O)c3ccccc3C2=O)C(=O)N1. The summed E-state index contributed by atoms with van der Waals surface area (Å²) < 4.78 is 10.8. The van der Waals surface area contributed by atoms with Crippen LogP contribution in [0.3, 0.4) is 0 Å². The standard InChI is InChI=1S/C31H33N5O8/c1-17(37)32-23-16-18-8-7-12-24-26(18)35-25(44-24)14-13-22(31(42)43-2)34-27(38)21(33-28(23)39)11-5-6-15-36-29(40)19-9-3-4-10-20(19)30(36)41/h3-4,7-10,12,21-23H,5-6,11,13-16H2,1-2H3,(H,32,37)(H,33,39)(H,34,38)/t21-,22-,23-/m0/s1. The molecule has 5 rings (SSSR count). The zero-order valence-corrected chi connectivity index (χ0v) is 24.4. The molecule has 2 bridgehead atoms. The fourth-order valence-electron chi connectivity index (χ4n) is 5.53. The highest BCUT2D eigenvalue weighted by Crippen LogP contribution is 2.24. The lowest BCUT2D eigenvalue weighted by atomic mass is 10.0. The fourth-order valence-corrected chi connectivity index (χ4v) is 5.53. The van der Waals surface area contributed by atoms with Gasteiger partial charge in [-0.15, -0.1) is 0 Å². The topological polar surface area (TPSA) is 177 Å². The maximum atomic E-state index is 13.5. The molecule has 2 aliphatic heterocycles. The number of hydrogen-bond donors (Lipinski definition) is 3. The van der Waals surface area contributed by atoms with Crippen LogP contribution in [-0.4, -0.2) is 77.2 Å². The number of fused-ring (bicyclic) bond motifs is 2. The zero-order chi connectivity index (χ0) is 31.4. The number of aryl methyl sites for hydroxylation is 1. The minimum Gasteiger partial charge on any atom is -0.467 e. The monoisotopic (exact) mass is 603 g/mol. The van der Waals surface area contributed by atoms with Crippen LogP contribution in [0, 0.1) is 0 Å². The largest absolute Gasteiger partial charge is 0.467 e. The van der Waals surface area contributed by atoms with Gasteiger partial charge in [0.05, 0.1) is 18.2 Å². The Kier molecular flexibility index (Phi) is 9.02. The number of esters is 1. The number of carbonyl (C=O) groups is 6. The van der Waals surface area contributed by atoms with Crippen LogP contribution >= 0.6 is 0 Å². The highest BCUT2D eigenvalue weighted by Gasteiger charge is 2.35. The van der Waals surface area contributed by atoms with E-state index in [1.165, 1.54) is 18.9 Å². The molecule has 230 valence electrons. The second-order valence-corrected chi connectivity index (χ2v) is 10.8. The molecule has 0 radical (unpaired) electrons. The third-order valence-electron chi connectivity index (χ3n) is 7.75. The van der Waals surface area contributed by atoms with Gasteiger partial charge in [-0.2, -0.15) is 0 Å². The summed E-state index contributed by atoms with van der Waals surface area (Å²) in [7, 11) is 1.21. The van der Waals surface area contributed by atoms with E-state index in [1.54, 1.807) is 42.5 Å². The predicted molar refractivity (Wildman–Crippen MR) is 155 cm³/mol. The van der Waals surface area contributed by atoms with Crippen LogP contribution in [0.25, 0.3) is 11.1 Å². The molecule has 3 atom stereocenters. The summed E-state index contributed by atoms with van der Waals surface area (Å²) in [4.78, 5) is 82.9. The summed E-state index contributed by atoms with van der Waals surface area (Å²) in [6, 6.07) is 8.70. The molecule has 3 aromatic rings. The first kappa shape index (κ1) is 30.4. The van der Waals surface area contributed by atoms with E-state index in [0.29, 0.717) is 46.5 Å². The number of nitrogens with one attached hydrogen (secondary N) is 3. The summed E-state index contributed by atoms with van der Waals surface area (Å²) in [6.45, 7) is 1.42. The Hall–Kier alpha value is -5.07. The van der Waals surface area contributed by atoms with Crippen molar-refractivity contribution in [2.45, 2.75) is 63.6 Å². The molecule has 5 amide bonds. The van der Waals surface area contributed by atoms with Crippen LogP contribution in [0.2, 0.25) is 0 Å². The van der Waals surface area contributed by atoms with Gasteiger partial charge in [0.2, 0.25) is 17.7 Å². The number of oxazole rings is 1. The first-order valence-electron chi connectivity index (χ1n) is 14.4. The van der Waals surface area contributed by atoms with E-state index >= 15 is 0 Å². The summed E-state index contributed by atoms with van der Waals surface area (Å²) in [5, 5.41) is 8.07. The Bertz CT molecular complexity index is 1600. The molecular weight excluding hydrogens is 570 g/mol. The van der Waals surface area contributed by atoms with Gasteiger partial charge in [0, 0.05) is 26.3 Å². The van der Waals surface area contributed by atoms with E-state index in [0.717, 1.165) is 0 Å². The second-order valence-electron chi connectivity index (χ2n) is 10.8. The maximum absolute atomic E-state index is 13.5. The lowest BCUT2D eigenvalue weighted by Crippen LogP contribution is -2.56. The van der Waals surface area contributed by atoms with Crippen molar-refractivity contribution in [3.8, 4) is 0 Å². The number of nitrogens with zero attached hydrogens (tertiary/aromatic N) is 2. The number of benzene rings is 2. The van der Waals surface area contributed by atoms with E-state index in [2.05, 4.69) is 20.9 Å². The quantitative estimate of drug-likeness (QED) is 0.205. The molecule has 0 spiro atoms. The number of amides is 5. The van der Waals surface area contributed by atoms with E-state index in [9.17, 15) is 28.8 Å². The third-order valence-corrected chi connectivity index (χ3v) is 7.75. The number of carbonyl (C=O) groups excluding carboxylic acids is 6. The van der Waals surface area contributed by atoms with Gasteiger partial charge in [-0.05, 0) is 49.4 Å². The van der Waals surface area contributed by atoms with Gasteiger partial charge >= 0.3 is 5.97 Å². The molecule has 13 heteroatoms. The van der Waals surface area contributed by atoms with Gasteiger partial charge in [-0.25, -0.2) is 9.78 Å². The Morgan fingerprint density at radius 2 is 1.73 bits per heavy atom. The molecule has 0 aliphatic carbocycles. The van der Waals surface area contributed by atoms with E-state index in [-0.39, 0.29) is 44.0 Å². The number of para-hydroxylation sites is 1. The van der Waals surface area contributed by atoms with E-state index in [4.69, 9.17) is 9.15 Å². The summed E-state index contributed by atoms with van der Waals surface area (Å²) in [6.07, 6.45) is 1.31. The maximum Gasteiger partial charge on any atom is 0.328 e. The molecule has 3 heterocycles. The lowest BCUT2D eigenvalue weighted by molar-refractivity contribution is -0.145. The molecule has 13 nitrogen and oxygen atoms in total. The average molecular weight is 604 g/mol. The second kappa shape index (κ2) is 13.1. The summed E-state index contributed by atoms with van der Waals surface area (Å²) in [5.74, 6) is -2.74. The van der Waals surface area contributed by atoms with Gasteiger partial charge in [-0.1, -0.05) is 24.3 Å². The number of aromatic nitrogens is 1.